The summed E-state index contributed by atoms with van der Waals surface area (Å²) in [4.78, 5) is 4.48. The topological polar surface area (TPSA) is 60.2 Å². The van der Waals surface area contributed by atoms with Gasteiger partial charge in [-0.1, -0.05) is 12.5 Å². The van der Waals surface area contributed by atoms with Crippen molar-refractivity contribution in [3.05, 3.63) is 35.5 Å². The highest BCUT2D eigenvalue weighted by Gasteiger charge is 2.16. The normalized spacial score (nSPS) is 15.0. The molecule has 3 rings (SSSR count). The van der Waals surface area contributed by atoms with Crippen LogP contribution < -0.4 is 15.8 Å². The van der Waals surface area contributed by atoms with Crippen LogP contribution in [0.3, 0.4) is 0 Å². The molecule has 2 aromatic rings. The second kappa shape index (κ2) is 7.07. The monoisotopic (exact) mass is 299 g/mol. The van der Waals surface area contributed by atoms with Gasteiger partial charge in [0.25, 0.3) is 0 Å². The van der Waals surface area contributed by atoms with Gasteiger partial charge in [0.2, 0.25) is 5.88 Å². The molecular weight excluding hydrogens is 274 g/mol. The lowest BCUT2D eigenvalue weighted by Gasteiger charge is -2.25. The first kappa shape index (κ1) is 15.3. The number of pyridine rings is 1. The molecule has 0 unspecified atom stereocenters. The second-order valence-electron chi connectivity index (χ2n) is 6.04. The SMILES string of the molecule is CCOc1nc(CN)cc2cc(CNCC3CCC3)ccc12. The molecule has 1 aliphatic rings. The molecule has 1 saturated carbocycles. The molecule has 4 heteroatoms. The number of nitrogens with two attached hydrogens (primary N) is 1. The molecule has 4 nitrogen and oxygen atoms in total. The molecule has 0 radical (unpaired) electrons. The Balaban J connectivity index is 1.78. The molecule has 118 valence electrons. The molecule has 1 fully saturated rings. The zero-order chi connectivity index (χ0) is 15.4. The maximum Gasteiger partial charge on any atom is 0.221 e. The minimum Gasteiger partial charge on any atom is -0.478 e. The Bertz CT molecular complexity index is 638. The van der Waals surface area contributed by atoms with E-state index < -0.39 is 0 Å². The highest BCUT2D eigenvalue weighted by Crippen LogP contribution is 2.27. The van der Waals surface area contributed by atoms with Crippen molar-refractivity contribution in [2.24, 2.45) is 11.7 Å². The molecule has 1 heterocycles. The Kier molecular flexibility index (Phi) is 4.90. The lowest BCUT2D eigenvalue weighted by Crippen LogP contribution is -2.26. The summed E-state index contributed by atoms with van der Waals surface area (Å²) < 4.78 is 5.65. The number of fused-ring (bicyclic) bond motifs is 1. The number of aromatic nitrogens is 1. The van der Waals surface area contributed by atoms with E-state index in [9.17, 15) is 0 Å². The molecule has 1 aromatic heterocycles. The summed E-state index contributed by atoms with van der Waals surface area (Å²) in [5.41, 5.74) is 7.91. The maximum absolute atomic E-state index is 5.75. The van der Waals surface area contributed by atoms with Gasteiger partial charge < -0.3 is 15.8 Å². The van der Waals surface area contributed by atoms with Crippen LogP contribution in [0, 0.1) is 5.92 Å². The first-order valence-corrected chi connectivity index (χ1v) is 8.26. The van der Waals surface area contributed by atoms with Crippen LogP contribution in [0.5, 0.6) is 5.88 Å². The number of nitrogens with zero attached hydrogens (tertiary/aromatic N) is 1. The molecule has 1 aliphatic carbocycles. The number of ether oxygens (including phenoxy) is 1. The van der Waals surface area contributed by atoms with Crippen molar-refractivity contribution in [1.82, 2.24) is 10.3 Å². The molecule has 0 atom stereocenters. The molecule has 0 amide bonds. The third-order valence-corrected chi connectivity index (χ3v) is 4.39. The molecular formula is C18H25N3O. The lowest BCUT2D eigenvalue weighted by molar-refractivity contribution is 0.301. The Hall–Kier alpha value is -1.65. The molecule has 0 bridgehead atoms. The van der Waals surface area contributed by atoms with Crippen LogP contribution in [-0.4, -0.2) is 18.1 Å². The van der Waals surface area contributed by atoms with Crippen molar-refractivity contribution >= 4 is 10.8 Å². The van der Waals surface area contributed by atoms with E-state index in [1.165, 1.54) is 24.8 Å². The van der Waals surface area contributed by atoms with E-state index in [4.69, 9.17) is 10.5 Å². The van der Waals surface area contributed by atoms with Crippen molar-refractivity contribution in [1.29, 1.82) is 0 Å². The first-order valence-electron chi connectivity index (χ1n) is 8.26. The Labute approximate surface area is 132 Å². The van der Waals surface area contributed by atoms with E-state index in [2.05, 4.69) is 34.6 Å². The van der Waals surface area contributed by atoms with Gasteiger partial charge in [0.15, 0.2) is 0 Å². The predicted molar refractivity (Wildman–Crippen MR) is 89.9 cm³/mol. The quantitative estimate of drug-likeness (QED) is 0.825. The fourth-order valence-electron chi connectivity index (χ4n) is 2.91. The standard InChI is InChI=1S/C18H25N3O/c1-2-22-18-17-7-6-14(12-20-11-13-4-3-5-13)8-15(17)9-16(10-19)21-18/h6-9,13,20H,2-5,10-12,19H2,1H3. The van der Waals surface area contributed by atoms with Gasteiger partial charge in [-0.2, -0.15) is 0 Å². The summed E-state index contributed by atoms with van der Waals surface area (Å²) in [6, 6.07) is 8.54. The summed E-state index contributed by atoms with van der Waals surface area (Å²) in [5.74, 6) is 1.58. The lowest BCUT2D eigenvalue weighted by atomic mass is 9.85. The van der Waals surface area contributed by atoms with E-state index in [0.29, 0.717) is 19.0 Å². The number of rotatable bonds is 7. The highest BCUT2D eigenvalue weighted by molar-refractivity contribution is 5.87. The Morgan fingerprint density at radius 2 is 2.18 bits per heavy atom. The summed E-state index contributed by atoms with van der Waals surface area (Å²) in [6.45, 7) is 5.06. The largest absolute Gasteiger partial charge is 0.478 e. The van der Waals surface area contributed by atoms with Crippen molar-refractivity contribution < 1.29 is 4.74 Å². The maximum atomic E-state index is 5.75. The van der Waals surface area contributed by atoms with Crippen LogP contribution in [-0.2, 0) is 13.1 Å². The van der Waals surface area contributed by atoms with Gasteiger partial charge in [-0.15, -0.1) is 0 Å². The molecule has 22 heavy (non-hydrogen) atoms. The average molecular weight is 299 g/mol. The van der Waals surface area contributed by atoms with Gasteiger partial charge in [-0.25, -0.2) is 4.98 Å². The van der Waals surface area contributed by atoms with Crippen molar-refractivity contribution in [2.45, 2.75) is 39.3 Å². The number of nitrogens with one attached hydrogen (secondary N) is 1. The summed E-state index contributed by atoms with van der Waals surface area (Å²) >= 11 is 0. The minimum atomic E-state index is 0.431. The third-order valence-electron chi connectivity index (χ3n) is 4.39. The van der Waals surface area contributed by atoms with Gasteiger partial charge in [-0.3, -0.25) is 0 Å². The summed E-state index contributed by atoms with van der Waals surface area (Å²) in [6.07, 6.45) is 4.17. The summed E-state index contributed by atoms with van der Waals surface area (Å²) in [7, 11) is 0. The van der Waals surface area contributed by atoms with Crippen LogP contribution in [0.4, 0.5) is 0 Å². The molecule has 0 spiro atoms. The van der Waals surface area contributed by atoms with Crippen LogP contribution >= 0.6 is 0 Å². The van der Waals surface area contributed by atoms with E-state index in [1.54, 1.807) is 0 Å². The third kappa shape index (κ3) is 3.39. The zero-order valence-corrected chi connectivity index (χ0v) is 13.3. The van der Waals surface area contributed by atoms with E-state index in [0.717, 1.165) is 35.5 Å². The molecule has 1 aromatic carbocycles. The van der Waals surface area contributed by atoms with Crippen LogP contribution in [0.15, 0.2) is 24.3 Å². The van der Waals surface area contributed by atoms with Gasteiger partial charge >= 0.3 is 0 Å². The highest BCUT2D eigenvalue weighted by atomic mass is 16.5. The smallest absolute Gasteiger partial charge is 0.221 e. The van der Waals surface area contributed by atoms with Crippen LogP contribution in [0.1, 0.15) is 37.4 Å². The molecule has 0 saturated heterocycles. The van der Waals surface area contributed by atoms with Crippen LogP contribution in [0.2, 0.25) is 0 Å². The van der Waals surface area contributed by atoms with E-state index in [-0.39, 0.29) is 0 Å². The second-order valence-corrected chi connectivity index (χ2v) is 6.04. The number of hydrogen-bond donors (Lipinski definition) is 2. The van der Waals surface area contributed by atoms with Gasteiger partial charge in [0.05, 0.1) is 12.3 Å². The number of hydrogen-bond acceptors (Lipinski definition) is 4. The predicted octanol–water partition coefficient (Wildman–Crippen LogP) is 2.98. The van der Waals surface area contributed by atoms with Crippen molar-refractivity contribution in [3.63, 3.8) is 0 Å². The average Bonchev–Trinajstić information content (AvgIpc) is 2.49. The van der Waals surface area contributed by atoms with Crippen molar-refractivity contribution in [2.75, 3.05) is 13.2 Å². The zero-order valence-electron chi connectivity index (χ0n) is 13.3. The molecule has 0 aliphatic heterocycles. The van der Waals surface area contributed by atoms with E-state index >= 15 is 0 Å². The van der Waals surface area contributed by atoms with E-state index in [1.807, 2.05) is 6.92 Å². The van der Waals surface area contributed by atoms with Gasteiger partial charge in [0.1, 0.15) is 0 Å². The fourth-order valence-corrected chi connectivity index (χ4v) is 2.91. The first-order chi connectivity index (χ1) is 10.8. The van der Waals surface area contributed by atoms with Crippen molar-refractivity contribution in [3.8, 4) is 5.88 Å². The number of benzene rings is 1. The minimum absolute atomic E-state index is 0.431. The van der Waals surface area contributed by atoms with Crippen LogP contribution in [0.25, 0.3) is 10.8 Å². The summed E-state index contributed by atoms with van der Waals surface area (Å²) in [5, 5.41) is 5.78. The van der Waals surface area contributed by atoms with Gasteiger partial charge in [-0.05, 0) is 61.4 Å². The molecule has 3 N–H and O–H groups in total. The van der Waals surface area contributed by atoms with Gasteiger partial charge in [0, 0.05) is 18.5 Å². The Morgan fingerprint density at radius 3 is 2.86 bits per heavy atom. The Morgan fingerprint density at radius 1 is 1.32 bits per heavy atom. The fraction of sp³-hybridized carbons (Fsp3) is 0.500.